The number of pyridine rings is 1. The number of para-hydroxylation sites is 1. The molecule has 3 heterocycles. The Morgan fingerprint density at radius 3 is 1.38 bits per heavy atom. The van der Waals surface area contributed by atoms with Crippen molar-refractivity contribution >= 4 is 43.5 Å². The standard InChI is InChI=1S/C58H37N5/c1-5-17-38(18-6-1)41-23-15-25-44(35-41)57-60-56(40-21-9-3-10-22-40)61-58(62-57)45-26-16-24-42(36-45)43-31-32-48-51-34-33-50-47-29-13-14-30-49(47)53(39-19-7-2-8-20-39)59-54(50)55(51)63(52(48)37-43)46-27-11-4-12-28-46/h1-37H. The summed E-state index contributed by atoms with van der Waals surface area (Å²) in [6, 6.07) is 78.6. The maximum Gasteiger partial charge on any atom is 0.164 e. The Hall–Kier alpha value is -8.54. The minimum absolute atomic E-state index is 0.615. The summed E-state index contributed by atoms with van der Waals surface area (Å²) in [5, 5.41) is 5.78. The van der Waals surface area contributed by atoms with Gasteiger partial charge in [0.05, 0.1) is 22.2 Å². The van der Waals surface area contributed by atoms with Crippen LogP contribution in [0.5, 0.6) is 0 Å². The van der Waals surface area contributed by atoms with Gasteiger partial charge in [0.2, 0.25) is 0 Å². The number of aromatic nitrogens is 5. The first kappa shape index (κ1) is 36.3. The molecule has 5 heteroatoms. The van der Waals surface area contributed by atoms with E-state index in [2.05, 4.69) is 193 Å². The number of fused-ring (bicyclic) bond motifs is 7. The molecule has 5 nitrogen and oxygen atoms in total. The summed E-state index contributed by atoms with van der Waals surface area (Å²) in [5.41, 5.74) is 13.5. The van der Waals surface area contributed by atoms with Crippen LogP contribution >= 0.6 is 0 Å². The molecule has 0 saturated heterocycles. The average Bonchev–Trinajstić information content (AvgIpc) is 3.71. The Balaban J connectivity index is 1.04. The fourth-order valence-electron chi connectivity index (χ4n) is 9.01. The van der Waals surface area contributed by atoms with Gasteiger partial charge < -0.3 is 4.57 Å². The highest BCUT2D eigenvalue weighted by molar-refractivity contribution is 6.23. The van der Waals surface area contributed by atoms with Gasteiger partial charge in [-0.15, -0.1) is 0 Å². The third kappa shape index (κ3) is 6.42. The van der Waals surface area contributed by atoms with E-state index in [1.165, 1.54) is 10.8 Å². The number of rotatable bonds is 7. The Labute approximate surface area is 364 Å². The van der Waals surface area contributed by atoms with Crippen molar-refractivity contribution in [3.05, 3.63) is 224 Å². The zero-order valence-corrected chi connectivity index (χ0v) is 34.1. The predicted molar refractivity (Wildman–Crippen MR) is 260 cm³/mol. The summed E-state index contributed by atoms with van der Waals surface area (Å²) in [4.78, 5) is 20.8. The molecule has 0 aliphatic heterocycles. The quantitative estimate of drug-likeness (QED) is 0.151. The zero-order chi connectivity index (χ0) is 41.7. The second-order valence-corrected chi connectivity index (χ2v) is 15.8. The molecule has 0 fully saturated rings. The van der Waals surface area contributed by atoms with Gasteiger partial charge in [-0.1, -0.05) is 194 Å². The van der Waals surface area contributed by atoms with Gasteiger partial charge in [0.25, 0.3) is 0 Å². The molecule has 3 aromatic heterocycles. The molecule has 0 radical (unpaired) electrons. The van der Waals surface area contributed by atoms with Crippen molar-refractivity contribution in [2.24, 2.45) is 0 Å². The Morgan fingerprint density at radius 1 is 0.270 bits per heavy atom. The van der Waals surface area contributed by atoms with Crippen LogP contribution in [0.1, 0.15) is 0 Å². The summed E-state index contributed by atoms with van der Waals surface area (Å²) in [7, 11) is 0. The molecular weight excluding hydrogens is 767 g/mol. The summed E-state index contributed by atoms with van der Waals surface area (Å²) < 4.78 is 2.39. The number of benzene rings is 9. The van der Waals surface area contributed by atoms with Crippen molar-refractivity contribution in [2.75, 3.05) is 0 Å². The van der Waals surface area contributed by atoms with Crippen LogP contribution < -0.4 is 0 Å². The Morgan fingerprint density at radius 2 is 0.730 bits per heavy atom. The van der Waals surface area contributed by atoms with E-state index < -0.39 is 0 Å². The van der Waals surface area contributed by atoms with Crippen LogP contribution in [0.3, 0.4) is 0 Å². The summed E-state index contributed by atoms with van der Waals surface area (Å²) in [5.74, 6) is 1.87. The van der Waals surface area contributed by atoms with Crippen LogP contribution in [0.2, 0.25) is 0 Å². The number of hydrogen-bond acceptors (Lipinski definition) is 4. The van der Waals surface area contributed by atoms with E-state index in [-0.39, 0.29) is 0 Å². The Bertz CT molecular complexity index is 3660. The molecule has 0 aliphatic rings. The molecule has 0 atom stereocenters. The lowest BCUT2D eigenvalue weighted by Crippen LogP contribution is -2.00. The third-order valence-corrected chi connectivity index (χ3v) is 12.0. The molecule has 0 N–H and O–H groups in total. The zero-order valence-electron chi connectivity index (χ0n) is 34.1. The fourth-order valence-corrected chi connectivity index (χ4v) is 9.01. The molecule has 294 valence electrons. The highest BCUT2D eigenvalue weighted by atomic mass is 15.0. The van der Waals surface area contributed by atoms with Crippen LogP contribution in [0.25, 0.3) is 117 Å². The van der Waals surface area contributed by atoms with Gasteiger partial charge in [0.1, 0.15) is 0 Å². The van der Waals surface area contributed by atoms with Gasteiger partial charge in [-0.3, -0.25) is 0 Å². The molecule has 9 aromatic carbocycles. The summed E-state index contributed by atoms with van der Waals surface area (Å²) in [6.45, 7) is 0. The van der Waals surface area contributed by atoms with E-state index in [1.807, 2.05) is 36.4 Å². The van der Waals surface area contributed by atoms with Crippen molar-refractivity contribution in [3.63, 3.8) is 0 Å². The van der Waals surface area contributed by atoms with Crippen LogP contribution in [0.4, 0.5) is 0 Å². The fraction of sp³-hybridized carbons (Fsp3) is 0. The minimum atomic E-state index is 0.615. The van der Waals surface area contributed by atoms with E-state index in [0.717, 1.165) is 88.6 Å². The molecule has 0 bridgehead atoms. The van der Waals surface area contributed by atoms with Crippen LogP contribution in [0.15, 0.2) is 224 Å². The van der Waals surface area contributed by atoms with E-state index in [4.69, 9.17) is 19.9 Å². The van der Waals surface area contributed by atoms with E-state index in [9.17, 15) is 0 Å². The highest BCUT2D eigenvalue weighted by Crippen LogP contribution is 2.42. The lowest BCUT2D eigenvalue weighted by atomic mass is 9.98. The normalized spacial score (nSPS) is 11.5. The number of nitrogens with zero attached hydrogens (tertiary/aromatic N) is 5. The van der Waals surface area contributed by atoms with Gasteiger partial charge in [0.15, 0.2) is 17.5 Å². The monoisotopic (exact) mass is 803 g/mol. The lowest BCUT2D eigenvalue weighted by molar-refractivity contribution is 1.07. The average molecular weight is 804 g/mol. The molecule has 63 heavy (non-hydrogen) atoms. The van der Waals surface area contributed by atoms with Crippen LogP contribution in [-0.4, -0.2) is 24.5 Å². The van der Waals surface area contributed by atoms with Gasteiger partial charge >= 0.3 is 0 Å². The molecule has 12 rings (SSSR count). The van der Waals surface area contributed by atoms with Gasteiger partial charge in [-0.05, 0) is 58.0 Å². The molecule has 0 aliphatic carbocycles. The Kier molecular flexibility index (Phi) is 8.75. The largest absolute Gasteiger partial charge is 0.307 e. The smallest absolute Gasteiger partial charge is 0.164 e. The van der Waals surface area contributed by atoms with Gasteiger partial charge in [0, 0.05) is 49.5 Å². The van der Waals surface area contributed by atoms with E-state index in [1.54, 1.807) is 0 Å². The summed E-state index contributed by atoms with van der Waals surface area (Å²) >= 11 is 0. The van der Waals surface area contributed by atoms with Gasteiger partial charge in [-0.25, -0.2) is 19.9 Å². The van der Waals surface area contributed by atoms with Crippen molar-refractivity contribution in [1.82, 2.24) is 24.5 Å². The highest BCUT2D eigenvalue weighted by Gasteiger charge is 2.20. The lowest BCUT2D eigenvalue weighted by Gasteiger charge is -2.13. The molecule has 0 saturated carbocycles. The predicted octanol–water partition coefficient (Wildman–Crippen LogP) is 14.7. The topological polar surface area (TPSA) is 56.5 Å². The number of hydrogen-bond donors (Lipinski definition) is 0. The molecular formula is C58H37N5. The van der Waals surface area contributed by atoms with Gasteiger partial charge in [-0.2, -0.15) is 0 Å². The minimum Gasteiger partial charge on any atom is -0.307 e. The summed E-state index contributed by atoms with van der Waals surface area (Å²) in [6.07, 6.45) is 0. The van der Waals surface area contributed by atoms with Crippen molar-refractivity contribution < 1.29 is 0 Å². The first-order valence-electron chi connectivity index (χ1n) is 21.2. The van der Waals surface area contributed by atoms with Crippen LogP contribution in [-0.2, 0) is 0 Å². The molecule has 0 amide bonds. The van der Waals surface area contributed by atoms with Crippen molar-refractivity contribution in [2.45, 2.75) is 0 Å². The molecule has 0 spiro atoms. The maximum absolute atomic E-state index is 5.55. The first-order chi connectivity index (χ1) is 31.2. The molecule has 0 unspecified atom stereocenters. The molecule has 12 aromatic rings. The maximum atomic E-state index is 5.55. The van der Waals surface area contributed by atoms with E-state index in [0.29, 0.717) is 17.5 Å². The van der Waals surface area contributed by atoms with Crippen molar-refractivity contribution in [1.29, 1.82) is 0 Å². The SMILES string of the molecule is c1ccc(-c2cccc(-c3nc(-c4ccccc4)nc(-c4cccc(-c5ccc6c7ccc8c9ccccc9c(-c9ccccc9)nc8c7n(-c7ccccc7)c6c5)c4)n3)c2)cc1. The third-order valence-electron chi connectivity index (χ3n) is 12.0. The second kappa shape index (κ2) is 15.2. The second-order valence-electron chi connectivity index (χ2n) is 15.8. The van der Waals surface area contributed by atoms with Crippen molar-refractivity contribution in [3.8, 4) is 73.4 Å². The van der Waals surface area contributed by atoms with E-state index >= 15 is 0 Å². The van der Waals surface area contributed by atoms with Crippen LogP contribution in [0, 0.1) is 0 Å². The first-order valence-corrected chi connectivity index (χ1v) is 21.2.